The summed E-state index contributed by atoms with van der Waals surface area (Å²) in [5.74, 6) is -2.17. The Bertz CT molecular complexity index is 1010. The van der Waals surface area contributed by atoms with Crippen molar-refractivity contribution in [3.63, 3.8) is 0 Å². The molecule has 2 aromatic carbocycles. The molecule has 0 aromatic heterocycles. The summed E-state index contributed by atoms with van der Waals surface area (Å²) in [5, 5.41) is 0. The van der Waals surface area contributed by atoms with Gasteiger partial charge in [-0.1, -0.05) is 24.3 Å². The van der Waals surface area contributed by atoms with Crippen LogP contribution in [0, 0.1) is 0 Å². The fourth-order valence-electron chi connectivity index (χ4n) is 3.33. The van der Waals surface area contributed by atoms with Crippen LogP contribution in [0.3, 0.4) is 0 Å². The average Bonchev–Trinajstić information content (AvgIpc) is 2.78. The summed E-state index contributed by atoms with van der Waals surface area (Å²) in [6.45, 7) is -1.88. The van der Waals surface area contributed by atoms with Gasteiger partial charge in [-0.25, -0.2) is 13.6 Å². The van der Waals surface area contributed by atoms with Crippen molar-refractivity contribution in [3.05, 3.63) is 70.8 Å². The van der Waals surface area contributed by atoms with Crippen molar-refractivity contribution < 1.29 is 49.5 Å². The normalized spacial score (nSPS) is 17.1. The van der Waals surface area contributed by atoms with E-state index in [2.05, 4.69) is 0 Å². The number of urea groups is 1. The Morgan fingerprint density at radius 3 is 1.23 bits per heavy atom. The Balaban J connectivity index is 1.71. The predicted octanol–water partition coefficient (Wildman–Crippen LogP) is 5.63. The summed E-state index contributed by atoms with van der Waals surface area (Å²) < 4.78 is 105. The standard InChI is InChI=1S/C22H16F8N2O3/c23-16(12-1-5-14(6-2-12)21(25,26)27)10-31-18(33)9-19(34)32(20(31)35)11-17(24)13-3-7-15(8-4-13)22(28,29)30/h1-8,16-17H,9-11H2/t16-,17+. The van der Waals surface area contributed by atoms with Gasteiger partial charge in [-0.3, -0.25) is 19.4 Å². The number of barbiturate groups is 1. The van der Waals surface area contributed by atoms with Crippen LogP contribution in [-0.2, 0) is 21.9 Å². The lowest BCUT2D eigenvalue weighted by atomic mass is 10.1. The number of halogens is 8. The zero-order chi connectivity index (χ0) is 26.1. The lowest BCUT2D eigenvalue weighted by Gasteiger charge is -2.34. The van der Waals surface area contributed by atoms with E-state index < -0.39 is 73.2 Å². The van der Waals surface area contributed by atoms with Gasteiger partial charge in [0.2, 0.25) is 11.8 Å². The van der Waals surface area contributed by atoms with E-state index in [0.717, 1.165) is 24.3 Å². The highest BCUT2D eigenvalue weighted by Gasteiger charge is 2.40. The molecule has 0 saturated carbocycles. The number of benzene rings is 2. The van der Waals surface area contributed by atoms with Gasteiger partial charge in [-0.05, 0) is 35.4 Å². The lowest BCUT2D eigenvalue weighted by Crippen LogP contribution is -2.56. The van der Waals surface area contributed by atoms with Crippen molar-refractivity contribution in [2.45, 2.75) is 31.1 Å². The van der Waals surface area contributed by atoms with Gasteiger partial charge in [0.15, 0.2) is 0 Å². The molecule has 1 saturated heterocycles. The molecule has 0 N–H and O–H groups in total. The molecule has 2 atom stereocenters. The largest absolute Gasteiger partial charge is 0.416 e. The Morgan fingerprint density at radius 1 is 0.629 bits per heavy atom. The summed E-state index contributed by atoms with van der Waals surface area (Å²) in [6, 6.07) is 4.45. The van der Waals surface area contributed by atoms with Gasteiger partial charge < -0.3 is 0 Å². The number of hydrogen-bond donors (Lipinski definition) is 0. The Morgan fingerprint density at radius 2 is 0.943 bits per heavy atom. The first-order valence-corrected chi connectivity index (χ1v) is 9.95. The zero-order valence-electron chi connectivity index (χ0n) is 17.5. The molecule has 188 valence electrons. The van der Waals surface area contributed by atoms with E-state index in [1.54, 1.807) is 0 Å². The van der Waals surface area contributed by atoms with Crippen LogP contribution in [0.15, 0.2) is 48.5 Å². The van der Waals surface area contributed by atoms with Crippen molar-refractivity contribution in [1.82, 2.24) is 9.80 Å². The molecule has 2 aromatic rings. The van der Waals surface area contributed by atoms with Crippen molar-refractivity contribution in [1.29, 1.82) is 0 Å². The molecule has 0 bridgehead atoms. The summed E-state index contributed by atoms with van der Waals surface area (Å²) in [5.41, 5.74) is -2.61. The van der Waals surface area contributed by atoms with Crippen LogP contribution < -0.4 is 0 Å². The first-order valence-electron chi connectivity index (χ1n) is 9.95. The molecule has 1 fully saturated rings. The number of amides is 4. The van der Waals surface area contributed by atoms with Gasteiger partial charge in [0.1, 0.15) is 18.8 Å². The molecule has 5 nitrogen and oxygen atoms in total. The van der Waals surface area contributed by atoms with Gasteiger partial charge in [-0.15, -0.1) is 0 Å². The van der Waals surface area contributed by atoms with Gasteiger partial charge in [-0.2, -0.15) is 26.3 Å². The van der Waals surface area contributed by atoms with Gasteiger partial charge in [0.05, 0.1) is 24.2 Å². The number of hydrogen-bond acceptors (Lipinski definition) is 3. The van der Waals surface area contributed by atoms with E-state index in [-0.39, 0.29) is 11.1 Å². The molecule has 1 aliphatic heterocycles. The third kappa shape index (κ3) is 5.95. The van der Waals surface area contributed by atoms with Crippen LogP contribution in [0.25, 0.3) is 0 Å². The van der Waals surface area contributed by atoms with Crippen molar-refractivity contribution in [3.8, 4) is 0 Å². The van der Waals surface area contributed by atoms with Crippen LogP contribution in [-0.4, -0.2) is 40.7 Å². The monoisotopic (exact) mass is 508 g/mol. The van der Waals surface area contributed by atoms with Crippen molar-refractivity contribution >= 4 is 17.8 Å². The highest BCUT2D eigenvalue weighted by molar-refractivity contribution is 6.14. The van der Waals surface area contributed by atoms with Crippen LogP contribution in [0.1, 0.15) is 41.0 Å². The second-order valence-corrected chi connectivity index (χ2v) is 7.64. The predicted molar refractivity (Wildman–Crippen MR) is 104 cm³/mol. The fraction of sp³-hybridized carbons (Fsp3) is 0.318. The maximum Gasteiger partial charge on any atom is 0.416 e. The summed E-state index contributed by atoms with van der Waals surface area (Å²) in [6.07, 6.45) is -14.4. The molecule has 13 heteroatoms. The second-order valence-electron chi connectivity index (χ2n) is 7.64. The summed E-state index contributed by atoms with van der Waals surface area (Å²) in [4.78, 5) is 37.6. The van der Waals surface area contributed by atoms with Crippen LogP contribution in [0.2, 0.25) is 0 Å². The molecule has 3 rings (SSSR count). The molecule has 0 radical (unpaired) electrons. The smallest absolute Gasteiger partial charge is 0.274 e. The lowest BCUT2D eigenvalue weighted by molar-refractivity contribution is -0.143. The van der Waals surface area contributed by atoms with Crippen LogP contribution in [0.4, 0.5) is 39.9 Å². The Kier molecular flexibility index (Phi) is 7.18. The third-order valence-electron chi connectivity index (χ3n) is 5.25. The summed E-state index contributed by atoms with van der Waals surface area (Å²) >= 11 is 0. The van der Waals surface area contributed by atoms with E-state index in [1.807, 2.05) is 0 Å². The Hall–Kier alpha value is -3.51. The van der Waals surface area contributed by atoms with Crippen molar-refractivity contribution in [2.24, 2.45) is 0 Å². The maximum absolute atomic E-state index is 14.7. The van der Waals surface area contributed by atoms with E-state index in [0.29, 0.717) is 34.1 Å². The minimum atomic E-state index is -4.65. The first kappa shape index (κ1) is 26.1. The molecule has 4 amide bonds. The minimum absolute atomic E-state index is 0.268. The van der Waals surface area contributed by atoms with E-state index in [9.17, 15) is 49.5 Å². The van der Waals surface area contributed by atoms with Crippen LogP contribution in [0.5, 0.6) is 0 Å². The maximum atomic E-state index is 14.7. The van der Waals surface area contributed by atoms with Crippen LogP contribution >= 0.6 is 0 Å². The van der Waals surface area contributed by atoms with E-state index >= 15 is 0 Å². The minimum Gasteiger partial charge on any atom is -0.274 e. The summed E-state index contributed by atoms with van der Waals surface area (Å²) in [7, 11) is 0. The van der Waals surface area contributed by atoms with Gasteiger partial charge in [0, 0.05) is 0 Å². The SMILES string of the molecule is O=C1CC(=O)N(C[C@H](F)c2ccc(C(F)(F)F)cc2)C(=O)N1C[C@@H](F)c1ccc(C(F)(F)F)cc1. The zero-order valence-corrected chi connectivity index (χ0v) is 17.5. The third-order valence-corrected chi connectivity index (χ3v) is 5.25. The molecule has 0 unspecified atom stereocenters. The second kappa shape index (κ2) is 9.62. The highest BCUT2D eigenvalue weighted by atomic mass is 19.4. The molecule has 0 aliphatic carbocycles. The molecule has 1 heterocycles. The number of alkyl halides is 8. The Labute approximate surface area is 192 Å². The molecule has 1 aliphatic rings. The molecule has 35 heavy (non-hydrogen) atoms. The van der Waals surface area contributed by atoms with Gasteiger partial charge in [0.25, 0.3) is 0 Å². The van der Waals surface area contributed by atoms with Crippen molar-refractivity contribution in [2.75, 3.05) is 13.1 Å². The molecule has 0 spiro atoms. The molecular weight excluding hydrogens is 492 g/mol. The van der Waals surface area contributed by atoms with Gasteiger partial charge >= 0.3 is 18.4 Å². The first-order chi connectivity index (χ1) is 16.2. The number of rotatable bonds is 6. The fourth-order valence-corrected chi connectivity index (χ4v) is 3.33. The average molecular weight is 508 g/mol. The topological polar surface area (TPSA) is 57.7 Å². The highest BCUT2D eigenvalue weighted by Crippen LogP contribution is 2.32. The number of nitrogens with zero attached hydrogens (tertiary/aromatic N) is 2. The number of carbonyl (C=O) groups is 3. The number of imide groups is 2. The molecular formula is C22H16F8N2O3. The van der Waals surface area contributed by atoms with E-state index in [4.69, 9.17) is 0 Å². The quantitative estimate of drug-likeness (QED) is 0.376. The number of carbonyl (C=O) groups excluding carboxylic acids is 3. The van der Waals surface area contributed by atoms with E-state index in [1.165, 1.54) is 0 Å².